The quantitative estimate of drug-likeness (QED) is 0.796. The first-order valence-corrected chi connectivity index (χ1v) is 9.06. The van der Waals surface area contributed by atoms with Crippen LogP contribution in [-0.2, 0) is 15.0 Å². The topological polar surface area (TPSA) is 113 Å². The first kappa shape index (κ1) is 17.9. The number of nitrogens with zero attached hydrogens (tertiary/aromatic N) is 2. The van der Waals surface area contributed by atoms with E-state index in [2.05, 4.69) is 9.88 Å². The molecule has 0 amide bonds. The minimum Gasteiger partial charge on any atom is -0.481 e. The van der Waals surface area contributed by atoms with Crippen LogP contribution < -0.4 is 4.72 Å². The second-order valence-corrected chi connectivity index (χ2v) is 7.76. The van der Waals surface area contributed by atoms with E-state index >= 15 is 0 Å². The summed E-state index contributed by atoms with van der Waals surface area (Å²) in [6, 6.07) is 0. The fraction of sp³-hybridized carbons (Fsp3) is 0.714. The lowest BCUT2D eigenvalue weighted by molar-refractivity contribution is -0.142. The summed E-state index contributed by atoms with van der Waals surface area (Å²) in [6.45, 7) is 6.23. The molecule has 0 bridgehead atoms. The van der Waals surface area contributed by atoms with E-state index in [1.165, 1.54) is 4.31 Å². The van der Waals surface area contributed by atoms with Crippen LogP contribution in [0, 0.1) is 19.8 Å². The molecule has 2 rings (SSSR count). The zero-order valence-corrected chi connectivity index (χ0v) is 14.4. The summed E-state index contributed by atoms with van der Waals surface area (Å²) in [5, 5.41) is 12.8. The highest BCUT2D eigenvalue weighted by Crippen LogP contribution is 2.23. The van der Waals surface area contributed by atoms with Crippen molar-refractivity contribution in [3.63, 3.8) is 0 Å². The summed E-state index contributed by atoms with van der Waals surface area (Å²) in [4.78, 5) is 10.9. The van der Waals surface area contributed by atoms with E-state index in [-0.39, 0.29) is 25.6 Å². The third-order valence-corrected chi connectivity index (χ3v) is 5.87. The van der Waals surface area contributed by atoms with Gasteiger partial charge in [-0.05, 0) is 26.7 Å². The molecular formula is C14H23N3O5S. The molecule has 1 aromatic rings. The summed E-state index contributed by atoms with van der Waals surface area (Å²) < 4.78 is 33.7. The SMILES string of the molecule is Cc1noc(C)c1C(C)CNS(=O)(=O)N1CCC(C(=O)O)CC1. The number of hydrogen-bond acceptors (Lipinski definition) is 5. The molecule has 2 heterocycles. The number of aryl methyl sites for hydroxylation is 2. The van der Waals surface area contributed by atoms with E-state index in [0.29, 0.717) is 18.6 Å². The molecule has 1 saturated heterocycles. The van der Waals surface area contributed by atoms with Gasteiger partial charge in [-0.25, -0.2) is 4.72 Å². The van der Waals surface area contributed by atoms with E-state index in [1.54, 1.807) is 6.92 Å². The zero-order chi connectivity index (χ0) is 17.2. The monoisotopic (exact) mass is 345 g/mol. The van der Waals surface area contributed by atoms with Gasteiger partial charge in [0.05, 0.1) is 11.6 Å². The lowest BCUT2D eigenvalue weighted by Gasteiger charge is -2.29. The van der Waals surface area contributed by atoms with Crippen LogP contribution in [0.15, 0.2) is 4.52 Å². The van der Waals surface area contributed by atoms with Crippen LogP contribution in [0.1, 0.15) is 42.7 Å². The molecule has 1 unspecified atom stereocenters. The highest BCUT2D eigenvalue weighted by molar-refractivity contribution is 7.87. The summed E-state index contributed by atoms with van der Waals surface area (Å²) in [7, 11) is -3.60. The van der Waals surface area contributed by atoms with Gasteiger partial charge in [0, 0.05) is 31.1 Å². The summed E-state index contributed by atoms with van der Waals surface area (Å²) in [6.07, 6.45) is 0.686. The van der Waals surface area contributed by atoms with Crippen molar-refractivity contribution in [2.75, 3.05) is 19.6 Å². The van der Waals surface area contributed by atoms with Gasteiger partial charge in [-0.3, -0.25) is 4.79 Å². The maximum atomic E-state index is 12.3. The Morgan fingerprint density at radius 3 is 2.52 bits per heavy atom. The fourth-order valence-electron chi connectivity index (χ4n) is 2.96. The molecule has 1 aliphatic heterocycles. The molecule has 130 valence electrons. The predicted molar refractivity (Wildman–Crippen MR) is 83.2 cm³/mol. The van der Waals surface area contributed by atoms with Gasteiger partial charge in [-0.15, -0.1) is 0 Å². The van der Waals surface area contributed by atoms with Crippen LogP contribution in [0.4, 0.5) is 0 Å². The highest BCUT2D eigenvalue weighted by atomic mass is 32.2. The van der Waals surface area contributed by atoms with Crippen molar-refractivity contribution in [3.8, 4) is 0 Å². The van der Waals surface area contributed by atoms with Crippen molar-refractivity contribution in [2.45, 2.75) is 39.5 Å². The summed E-state index contributed by atoms with van der Waals surface area (Å²) >= 11 is 0. The molecule has 0 spiro atoms. The Morgan fingerprint density at radius 1 is 1.43 bits per heavy atom. The maximum Gasteiger partial charge on any atom is 0.306 e. The highest BCUT2D eigenvalue weighted by Gasteiger charge is 2.31. The number of rotatable bonds is 6. The molecule has 2 N–H and O–H groups in total. The fourth-order valence-corrected chi connectivity index (χ4v) is 4.30. The predicted octanol–water partition coefficient (Wildman–Crippen LogP) is 1.03. The number of piperidine rings is 1. The Morgan fingerprint density at radius 2 is 2.04 bits per heavy atom. The van der Waals surface area contributed by atoms with Crippen LogP contribution in [0.3, 0.4) is 0 Å². The molecule has 0 aromatic carbocycles. The van der Waals surface area contributed by atoms with Crippen molar-refractivity contribution in [3.05, 3.63) is 17.0 Å². The number of nitrogens with one attached hydrogen (secondary N) is 1. The number of aromatic nitrogens is 1. The molecule has 0 radical (unpaired) electrons. The standard InChI is InChI=1S/C14H23N3O5S/c1-9(13-10(2)16-22-11(13)3)8-15-23(20,21)17-6-4-12(5-7-17)14(18)19/h9,12,15H,4-8H2,1-3H3,(H,18,19). The van der Waals surface area contributed by atoms with Crippen molar-refractivity contribution in [1.29, 1.82) is 0 Å². The normalized spacial score (nSPS) is 18.9. The van der Waals surface area contributed by atoms with Crippen molar-refractivity contribution >= 4 is 16.2 Å². The smallest absolute Gasteiger partial charge is 0.306 e. The number of carbonyl (C=O) groups is 1. The Balaban J connectivity index is 1.93. The van der Waals surface area contributed by atoms with Crippen LogP contribution in [0.2, 0.25) is 0 Å². The number of carboxylic acid groups (broad SMARTS) is 1. The largest absolute Gasteiger partial charge is 0.481 e. The Hall–Kier alpha value is -1.45. The van der Waals surface area contributed by atoms with E-state index in [9.17, 15) is 13.2 Å². The van der Waals surface area contributed by atoms with Gasteiger partial charge in [0.15, 0.2) is 0 Å². The molecule has 1 fully saturated rings. The van der Waals surface area contributed by atoms with Gasteiger partial charge in [0.1, 0.15) is 5.76 Å². The minimum atomic E-state index is -3.60. The number of carboxylic acids is 1. The van der Waals surface area contributed by atoms with Gasteiger partial charge < -0.3 is 9.63 Å². The minimum absolute atomic E-state index is 0.0624. The first-order valence-electron chi connectivity index (χ1n) is 7.62. The van der Waals surface area contributed by atoms with Crippen LogP contribution in [0.25, 0.3) is 0 Å². The second kappa shape index (κ2) is 6.98. The van der Waals surface area contributed by atoms with Gasteiger partial charge in [0.25, 0.3) is 10.2 Å². The van der Waals surface area contributed by atoms with Crippen LogP contribution in [0.5, 0.6) is 0 Å². The molecule has 1 atom stereocenters. The molecule has 8 nitrogen and oxygen atoms in total. The number of aliphatic carboxylic acids is 1. The van der Waals surface area contributed by atoms with Gasteiger partial charge in [-0.1, -0.05) is 12.1 Å². The lowest BCUT2D eigenvalue weighted by atomic mass is 9.99. The van der Waals surface area contributed by atoms with Crippen LogP contribution in [-0.4, -0.2) is 48.6 Å². The average molecular weight is 345 g/mol. The second-order valence-electron chi connectivity index (χ2n) is 6.00. The van der Waals surface area contributed by atoms with E-state index < -0.39 is 22.1 Å². The average Bonchev–Trinajstić information content (AvgIpc) is 2.84. The molecule has 1 aromatic heterocycles. The molecular weight excluding hydrogens is 322 g/mol. The summed E-state index contributed by atoms with van der Waals surface area (Å²) in [5.74, 6) is -0.686. The van der Waals surface area contributed by atoms with Crippen molar-refractivity contribution in [1.82, 2.24) is 14.2 Å². The van der Waals surface area contributed by atoms with E-state index in [4.69, 9.17) is 9.63 Å². The molecule has 9 heteroatoms. The zero-order valence-electron chi connectivity index (χ0n) is 13.6. The molecule has 23 heavy (non-hydrogen) atoms. The number of hydrogen-bond donors (Lipinski definition) is 2. The summed E-state index contributed by atoms with van der Waals surface area (Å²) in [5.41, 5.74) is 1.67. The molecule has 0 aliphatic carbocycles. The Bertz CT molecular complexity index is 642. The Kier molecular flexibility index (Phi) is 5.43. The Labute approximate surface area is 136 Å². The third kappa shape index (κ3) is 4.10. The van der Waals surface area contributed by atoms with Crippen molar-refractivity contribution < 1.29 is 22.8 Å². The van der Waals surface area contributed by atoms with Crippen LogP contribution >= 0.6 is 0 Å². The lowest BCUT2D eigenvalue weighted by Crippen LogP contribution is -2.46. The third-order valence-electron chi connectivity index (χ3n) is 4.30. The van der Waals surface area contributed by atoms with E-state index in [1.807, 2.05) is 13.8 Å². The van der Waals surface area contributed by atoms with Gasteiger partial charge in [-0.2, -0.15) is 12.7 Å². The van der Waals surface area contributed by atoms with Crippen molar-refractivity contribution in [2.24, 2.45) is 5.92 Å². The maximum absolute atomic E-state index is 12.3. The van der Waals surface area contributed by atoms with Gasteiger partial charge in [0.2, 0.25) is 0 Å². The van der Waals surface area contributed by atoms with E-state index in [0.717, 1.165) is 11.3 Å². The first-order chi connectivity index (χ1) is 10.7. The van der Waals surface area contributed by atoms with Gasteiger partial charge >= 0.3 is 5.97 Å². The molecule has 1 aliphatic rings. The molecule has 0 saturated carbocycles.